The summed E-state index contributed by atoms with van der Waals surface area (Å²) in [6.45, 7) is 0.770. The van der Waals surface area contributed by atoms with Crippen LogP contribution in [0.2, 0.25) is 0 Å². The Bertz CT molecular complexity index is 729. The lowest BCUT2D eigenvalue weighted by Gasteiger charge is -2.09. The van der Waals surface area contributed by atoms with Gasteiger partial charge < -0.3 is 5.32 Å². The molecule has 7 nitrogen and oxygen atoms in total. The van der Waals surface area contributed by atoms with Crippen LogP contribution in [0, 0.1) is 5.92 Å². The molecule has 0 atom stereocenters. The third kappa shape index (κ3) is 3.33. The van der Waals surface area contributed by atoms with E-state index in [-0.39, 0.29) is 17.5 Å². The lowest BCUT2D eigenvalue weighted by atomic mass is 10.1. The molecule has 0 aromatic carbocycles. The number of carbonyl (C=O) groups is 1. The highest BCUT2D eigenvalue weighted by Crippen LogP contribution is 2.24. The van der Waals surface area contributed by atoms with Gasteiger partial charge >= 0.3 is 5.69 Å². The van der Waals surface area contributed by atoms with Gasteiger partial charge in [-0.05, 0) is 25.0 Å². The standard InChI is InChI=1S/C16H21N5O2/c1-20-14(13-8-4-5-9-17-13)19-21(16(20)23)11-10-18-15(22)12-6-2-3-7-12/h4-5,8-9,12H,2-3,6-7,10-11H2,1H3,(H,18,22). The van der Waals surface area contributed by atoms with Crippen LogP contribution in [-0.4, -0.2) is 31.8 Å². The van der Waals surface area contributed by atoms with Crippen molar-refractivity contribution >= 4 is 5.91 Å². The van der Waals surface area contributed by atoms with E-state index in [1.807, 2.05) is 18.2 Å². The van der Waals surface area contributed by atoms with E-state index in [9.17, 15) is 9.59 Å². The van der Waals surface area contributed by atoms with Crippen LogP contribution in [0.5, 0.6) is 0 Å². The Labute approximate surface area is 134 Å². The molecule has 122 valence electrons. The van der Waals surface area contributed by atoms with Crippen molar-refractivity contribution in [2.75, 3.05) is 6.54 Å². The van der Waals surface area contributed by atoms with Gasteiger partial charge in [-0.15, -0.1) is 5.10 Å². The lowest BCUT2D eigenvalue weighted by Crippen LogP contribution is -2.34. The zero-order valence-corrected chi connectivity index (χ0v) is 13.2. The summed E-state index contributed by atoms with van der Waals surface area (Å²) in [7, 11) is 1.67. The van der Waals surface area contributed by atoms with Crippen LogP contribution in [0.1, 0.15) is 25.7 Å². The van der Waals surface area contributed by atoms with Crippen LogP contribution >= 0.6 is 0 Å². The minimum atomic E-state index is -0.208. The number of aromatic nitrogens is 4. The SMILES string of the molecule is Cn1c(-c2ccccn2)nn(CCNC(=O)C2CCCC2)c1=O. The molecule has 1 saturated carbocycles. The first-order valence-corrected chi connectivity index (χ1v) is 8.00. The van der Waals surface area contributed by atoms with Crippen molar-refractivity contribution in [2.45, 2.75) is 32.2 Å². The van der Waals surface area contributed by atoms with Gasteiger partial charge in [-0.2, -0.15) is 0 Å². The van der Waals surface area contributed by atoms with E-state index in [1.165, 1.54) is 9.25 Å². The van der Waals surface area contributed by atoms with Crippen LogP contribution < -0.4 is 11.0 Å². The molecule has 2 aromatic heterocycles. The lowest BCUT2D eigenvalue weighted by molar-refractivity contribution is -0.124. The highest BCUT2D eigenvalue weighted by molar-refractivity contribution is 5.78. The van der Waals surface area contributed by atoms with Crippen LogP contribution in [0.25, 0.3) is 11.5 Å². The van der Waals surface area contributed by atoms with E-state index in [4.69, 9.17) is 0 Å². The number of rotatable bonds is 5. The van der Waals surface area contributed by atoms with Crippen molar-refractivity contribution in [1.82, 2.24) is 24.6 Å². The van der Waals surface area contributed by atoms with Crippen LogP contribution in [0.4, 0.5) is 0 Å². The van der Waals surface area contributed by atoms with E-state index in [2.05, 4.69) is 15.4 Å². The number of pyridine rings is 1. The molecule has 2 aromatic rings. The van der Waals surface area contributed by atoms with Crippen LogP contribution in [0.15, 0.2) is 29.2 Å². The highest BCUT2D eigenvalue weighted by atomic mass is 16.2. The minimum Gasteiger partial charge on any atom is -0.354 e. The molecule has 0 unspecified atom stereocenters. The van der Waals surface area contributed by atoms with Crippen molar-refractivity contribution in [3.05, 3.63) is 34.9 Å². The van der Waals surface area contributed by atoms with Gasteiger partial charge in [0.25, 0.3) is 0 Å². The van der Waals surface area contributed by atoms with Crippen molar-refractivity contribution in [1.29, 1.82) is 0 Å². The van der Waals surface area contributed by atoms with Crippen LogP contribution in [-0.2, 0) is 18.4 Å². The Morgan fingerprint density at radius 2 is 2.13 bits per heavy atom. The van der Waals surface area contributed by atoms with E-state index in [1.54, 1.807) is 13.2 Å². The molecule has 1 aliphatic carbocycles. The summed E-state index contributed by atoms with van der Waals surface area (Å²) in [5, 5.41) is 7.23. The summed E-state index contributed by atoms with van der Waals surface area (Å²) in [6.07, 6.45) is 5.87. The quantitative estimate of drug-likeness (QED) is 0.890. The summed E-state index contributed by atoms with van der Waals surface area (Å²) in [6, 6.07) is 5.48. The van der Waals surface area contributed by atoms with E-state index >= 15 is 0 Å². The molecule has 1 amide bonds. The minimum absolute atomic E-state index is 0.0939. The second-order valence-electron chi connectivity index (χ2n) is 5.88. The number of nitrogens with zero attached hydrogens (tertiary/aromatic N) is 4. The Morgan fingerprint density at radius 3 is 2.83 bits per heavy atom. The summed E-state index contributed by atoms with van der Waals surface area (Å²) in [4.78, 5) is 28.4. The van der Waals surface area contributed by atoms with Gasteiger partial charge in [0.1, 0.15) is 5.69 Å². The van der Waals surface area contributed by atoms with E-state index < -0.39 is 0 Å². The van der Waals surface area contributed by atoms with Crippen LogP contribution in [0.3, 0.4) is 0 Å². The summed E-state index contributed by atoms with van der Waals surface area (Å²) in [5.74, 6) is 0.758. The Kier molecular flexibility index (Phi) is 4.55. The molecule has 0 aliphatic heterocycles. The molecule has 3 rings (SSSR count). The Morgan fingerprint density at radius 1 is 1.35 bits per heavy atom. The fraction of sp³-hybridized carbons (Fsp3) is 0.500. The summed E-state index contributed by atoms with van der Waals surface area (Å²) >= 11 is 0. The predicted octanol–water partition coefficient (Wildman–Crippen LogP) is 0.950. The first-order chi connectivity index (χ1) is 11.2. The molecule has 0 radical (unpaired) electrons. The number of carbonyl (C=O) groups excluding carboxylic acids is 1. The fourth-order valence-corrected chi connectivity index (χ4v) is 2.97. The van der Waals surface area contributed by atoms with Crippen molar-refractivity contribution in [3.63, 3.8) is 0 Å². The monoisotopic (exact) mass is 315 g/mol. The second-order valence-corrected chi connectivity index (χ2v) is 5.88. The zero-order valence-electron chi connectivity index (χ0n) is 13.2. The Balaban J connectivity index is 1.64. The molecule has 0 saturated heterocycles. The second kappa shape index (κ2) is 6.76. The third-order valence-electron chi connectivity index (χ3n) is 4.28. The van der Waals surface area contributed by atoms with Gasteiger partial charge in [-0.3, -0.25) is 14.3 Å². The Hall–Kier alpha value is -2.44. The molecule has 1 aliphatic rings. The average molecular weight is 315 g/mol. The number of hydrogen-bond acceptors (Lipinski definition) is 4. The first kappa shape index (κ1) is 15.5. The van der Waals surface area contributed by atoms with Gasteiger partial charge in [0.2, 0.25) is 5.91 Å². The largest absolute Gasteiger partial charge is 0.354 e. The zero-order chi connectivity index (χ0) is 16.2. The molecule has 1 N–H and O–H groups in total. The topological polar surface area (TPSA) is 81.8 Å². The molecule has 0 spiro atoms. The maximum atomic E-state index is 12.2. The van der Waals surface area contributed by atoms with E-state index in [0.717, 1.165) is 25.7 Å². The van der Waals surface area contributed by atoms with Gasteiger partial charge in [0.05, 0.1) is 6.54 Å². The van der Waals surface area contributed by atoms with Crippen molar-refractivity contribution in [2.24, 2.45) is 13.0 Å². The summed E-state index contributed by atoms with van der Waals surface area (Å²) < 4.78 is 2.85. The molecule has 2 heterocycles. The van der Waals surface area contributed by atoms with Gasteiger partial charge in [0.15, 0.2) is 5.82 Å². The highest BCUT2D eigenvalue weighted by Gasteiger charge is 2.22. The summed E-state index contributed by atoms with van der Waals surface area (Å²) in [5.41, 5.74) is 0.446. The third-order valence-corrected chi connectivity index (χ3v) is 4.28. The van der Waals surface area contributed by atoms with Crippen molar-refractivity contribution < 1.29 is 4.79 Å². The molecular weight excluding hydrogens is 294 g/mol. The van der Waals surface area contributed by atoms with Gasteiger partial charge in [0, 0.05) is 25.7 Å². The van der Waals surface area contributed by atoms with Crippen molar-refractivity contribution in [3.8, 4) is 11.5 Å². The predicted molar refractivity (Wildman–Crippen MR) is 85.7 cm³/mol. The van der Waals surface area contributed by atoms with Gasteiger partial charge in [-0.25, -0.2) is 9.48 Å². The number of amides is 1. The molecular formula is C16H21N5O2. The van der Waals surface area contributed by atoms with E-state index in [0.29, 0.717) is 24.6 Å². The molecule has 0 bridgehead atoms. The molecule has 1 fully saturated rings. The maximum absolute atomic E-state index is 12.2. The first-order valence-electron chi connectivity index (χ1n) is 8.00. The fourth-order valence-electron chi connectivity index (χ4n) is 2.97. The number of hydrogen-bond donors (Lipinski definition) is 1. The average Bonchev–Trinajstić information content (AvgIpc) is 3.20. The maximum Gasteiger partial charge on any atom is 0.346 e. The number of nitrogens with one attached hydrogen (secondary N) is 1. The van der Waals surface area contributed by atoms with Gasteiger partial charge in [-0.1, -0.05) is 18.9 Å². The normalized spacial score (nSPS) is 15.0. The smallest absolute Gasteiger partial charge is 0.346 e. The molecule has 23 heavy (non-hydrogen) atoms. The molecule has 7 heteroatoms.